The van der Waals surface area contributed by atoms with Gasteiger partial charge in [0.2, 0.25) is 5.91 Å². The first-order chi connectivity index (χ1) is 10.2. The Bertz CT molecular complexity index is 654. The van der Waals surface area contributed by atoms with Crippen molar-refractivity contribution in [3.05, 3.63) is 47.5 Å². The second-order valence-corrected chi connectivity index (χ2v) is 5.14. The van der Waals surface area contributed by atoms with E-state index in [0.717, 1.165) is 12.1 Å². The number of rotatable bonds is 3. The van der Waals surface area contributed by atoms with Crippen molar-refractivity contribution in [1.82, 2.24) is 15.1 Å². The minimum atomic E-state index is -0.489. The van der Waals surface area contributed by atoms with Crippen molar-refractivity contribution in [3.63, 3.8) is 0 Å². The van der Waals surface area contributed by atoms with Crippen molar-refractivity contribution in [1.29, 1.82) is 0 Å². The summed E-state index contributed by atoms with van der Waals surface area (Å²) < 4.78 is 16.0. The molecular formula is C15H17FN4O. The van der Waals surface area contributed by atoms with E-state index in [0.29, 0.717) is 18.5 Å². The van der Waals surface area contributed by atoms with Crippen molar-refractivity contribution in [2.75, 3.05) is 11.9 Å². The topological polar surface area (TPSA) is 59.0 Å². The van der Waals surface area contributed by atoms with E-state index in [1.54, 1.807) is 31.5 Å². The zero-order valence-electron chi connectivity index (χ0n) is 11.8. The number of amides is 1. The highest BCUT2D eigenvalue weighted by Crippen LogP contribution is 2.25. The van der Waals surface area contributed by atoms with Crippen LogP contribution in [0.3, 0.4) is 0 Å². The van der Waals surface area contributed by atoms with Gasteiger partial charge in [0.1, 0.15) is 11.9 Å². The summed E-state index contributed by atoms with van der Waals surface area (Å²) in [6.45, 7) is 3.15. The molecule has 1 amide bonds. The summed E-state index contributed by atoms with van der Waals surface area (Å²) in [5.41, 5.74) is 1.88. The quantitative estimate of drug-likeness (QED) is 0.906. The molecule has 2 aromatic rings. The number of carbonyl (C=O) groups is 1. The minimum absolute atomic E-state index is 0.236. The number of nitrogens with one attached hydrogen (secondary N) is 2. The number of benzene rings is 1. The summed E-state index contributed by atoms with van der Waals surface area (Å²) in [4.78, 5) is 12.2. The molecule has 1 aromatic heterocycles. The van der Waals surface area contributed by atoms with Gasteiger partial charge in [-0.15, -0.1) is 0 Å². The largest absolute Gasteiger partial charge is 0.322 e. The predicted molar refractivity (Wildman–Crippen MR) is 77.4 cm³/mol. The summed E-state index contributed by atoms with van der Waals surface area (Å²) in [6.07, 6.45) is 3.95. The average Bonchev–Trinajstić information content (AvgIpc) is 3.04. The first-order valence-electron chi connectivity index (χ1n) is 6.98. The van der Waals surface area contributed by atoms with Gasteiger partial charge in [0.15, 0.2) is 0 Å². The van der Waals surface area contributed by atoms with Crippen molar-refractivity contribution >= 4 is 11.6 Å². The molecule has 1 aromatic carbocycles. The maximum absolute atomic E-state index is 14.5. The van der Waals surface area contributed by atoms with Gasteiger partial charge >= 0.3 is 0 Å². The third-order valence-corrected chi connectivity index (χ3v) is 3.77. The molecule has 3 rings (SSSR count). The SMILES string of the molecule is CC(C(=O)Nc1ccc2c(c1F)CCNC2)n1cccn1. The molecule has 1 unspecified atom stereocenters. The van der Waals surface area contributed by atoms with Gasteiger partial charge < -0.3 is 10.6 Å². The van der Waals surface area contributed by atoms with Gasteiger partial charge in [0, 0.05) is 18.9 Å². The molecule has 110 valence electrons. The third-order valence-electron chi connectivity index (χ3n) is 3.77. The van der Waals surface area contributed by atoms with E-state index in [1.807, 2.05) is 6.07 Å². The lowest BCUT2D eigenvalue weighted by molar-refractivity contribution is -0.119. The van der Waals surface area contributed by atoms with Crippen LogP contribution in [-0.4, -0.2) is 22.2 Å². The first kappa shape index (κ1) is 13.8. The van der Waals surface area contributed by atoms with E-state index in [9.17, 15) is 9.18 Å². The van der Waals surface area contributed by atoms with Crippen LogP contribution in [0.2, 0.25) is 0 Å². The van der Waals surface area contributed by atoms with Gasteiger partial charge in [0.25, 0.3) is 0 Å². The van der Waals surface area contributed by atoms with E-state index in [4.69, 9.17) is 0 Å². The summed E-state index contributed by atoms with van der Waals surface area (Å²) in [5, 5.41) is 9.88. The van der Waals surface area contributed by atoms with Gasteiger partial charge in [-0.05, 0) is 43.1 Å². The van der Waals surface area contributed by atoms with Gasteiger partial charge in [-0.25, -0.2) is 4.39 Å². The molecule has 6 heteroatoms. The van der Waals surface area contributed by atoms with Crippen LogP contribution in [0.15, 0.2) is 30.6 Å². The number of halogens is 1. The fraction of sp³-hybridized carbons (Fsp3) is 0.333. The average molecular weight is 288 g/mol. The Morgan fingerprint density at radius 2 is 2.38 bits per heavy atom. The Balaban J connectivity index is 1.80. The smallest absolute Gasteiger partial charge is 0.249 e. The Kier molecular flexibility index (Phi) is 3.70. The Morgan fingerprint density at radius 1 is 1.52 bits per heavy atom. The third kappa shape index (κ3) is 2.67. The normalized spacial score (nSPS) is 15.3. The number of hydrogen-bond acceptors (Lipinski definition) is 3. The second kappa shape index (κ2) is 5.65. The second-order valence-electron chi connectivity index (χ2n) is 5.14. The molecule has 1 aliphatic rings. The van der Waals surface area contributed by atoms with E-state index in [2.05, 4.69) is 15.7 Å². The molecule has 0 saturated carbocycles. The minimum Gasteiger partial charge on any atom is -0.322 e. The van der Waals surface area contributed by atoms with Crippen molar-refractivity contribution < 1.29 is 9.18 Å². The summed E-state index contributed by atoms with van der Waals surface area (Å²) in [5.74, 6) is -0.610. The van der Waals surface area contributed by atoms with Gasteiger partial charge in [-0.3, -0.25) is 9.48 Å². The van der Waals surface area contributed by atoms with E-state index in [-0.39, 0.29) is 17.4 Å². The first-order valence-corrected chi connectivity index (χ1v) is 6.98. The zero-order valence-corrected chi connectivity index (χ0v) is 11.8. The molecule has 5 nitrogen and oxygen atoms in total. The summed E-state index contributed by atoms with van der Waals surface area (Å²) in [6, 6.07) is 4.74. The highest BCUT2D eigenvalue weighted by atomic mass is 19.1. The van der Waals surface area contributed by atoms with Crippen molar-refractivity contribution in [3.8, 4) is 0 Å². The van der Waals surface area contributed by atoms with E-state index >= 15 is 0 Å². The Labute approximate surface area is 122 Å². The monoisotopic (exact) mass is 288 g/mol. The fourth-order valence-electron chi connectivity index (χ4n) is 2.50. The Morgan fingerprint density at radius 3 is 3.14 bits per heavy atom. The van der Waals surface area contributed by atoms with Crippen LogP contribution in [0.5, 0.6) is 0 Å². The maximum Gasteiger partial charge on any atom is 0.249 e. The molecule has 1 aliphatic heterocycles. The predicted octanol–water partition coefficient (Wildman–Crippen LogP) is 1.87. The number of anilines is 1. The van der Waals surface area contributed by atoms with Crippen molar-refractivity contribution in [2.24, 2.45) is 0 Å². The highest BCUT2D eigenvalue weighted by Gasteiger charge is 2.20. The maximum atomic E-state index is 14.5. The number of carbonyl (C=O) groups excluding carboxylic acids is 1. The van der Waals surface area contributed by atoms with Gasteiger partial charge in [-0.1, -0.05) is 6.07 Å². The molecule has 2 N–H and O–H groups in total. The van der Waals surface area contributed by atoms with Crippen LogP contribution < -0.4 is 10.6 Å². The summed E-state index contributed by atoms with van der Waals surface area (Å²) in [7, 11) is 0. The molecule has 21 heavy (non-hydrogen) atoms. The fourth-order valence-corrected chi connectivity index (χ4v) is 2.50. The van der Waals surface area contributed by atoms with Crippen LogP contribution in [0.1, 0.15) is 24.1 Å². The number of hydrogen-bond donors (Lipinski definition) is 2. The molecule has 0 radical (unpaired) electrons. The van der Waals surface area contributed by atoms with Crippen LogP contribution in [0.4, 0.5) is 10.1 Å². The lowest BCUT2D eigenvalue weighted by Gasteiger charge is -2.20. The molecule has 1 atom stereocenters. The molecule has 0 bridgehead atoms. The summed E-state index contributed by atoms with van der Waals surface area (Å²) >= 11 is 0. The molecule has 0 aliphatic carbocycles. The van der Waals surface area contributed by atoms with E-state index < -0.39 is 6.04 Å². The van der Waals surface area contributed by atoms with Gasteiger partial charge in [0.05, 0.1) is 5.69 Å². The number of fused-ring (bicyclic) bond motifs is 1. The number of aromatic nitrogens is 2. The molecule has 0 saturated heterocycles. The molecule has 0 spiro atoms. The van der Waals surface area contributed by atoms with Crippen LogP contribution in [0.25, 0.3) is 0 Å². The molecule has 0 fully saturated rings. The van der Waals surface area contributed by atoms with E-state index in [1.165, 1.54) is 4.68 Å². The highest BCUT2D eigenvalue weighted by molar-refractivity contribution is 5.93. The number of nitrogens with zero attached hydrogens (tertiary/aromatic N) is 2. The molecular weight excluding hydrogens is 271 g/mol. The standard InChI is InChI=1S/C15H17FN4O/c1-10(20-8-2-6-18-20)15(21)19-13-4-3-11-9-17-7-5-12(11)14(13)16/h2-4,6,8,10,17H,5,7,9H2,1H3,(H,19,21). The lowest BCUT2D eigenvalue weighted by atomic mass is 9.99. The van der Waals surface area contributed by atoms with Crippen LogP contribution in [0, 0.1) is 5.82 Å². The zero-order chi connectivity index (χ0) is 14.8. The van der Waals surface area contributed by atoms with Crippen molar-refractivity contribution in [2.45, 2.75) is 25.9 Å². The van der Waals surface area contributed by atoms with Crippen LogP contribution in [-0.2, 0) is 17.8 Å². The van der Waals surface area contributed by atoms with Crippen LogP contribution >= 0.6 is 0 Å². The molecule has 2 heterocycles. The lowest BCUT2D eigenvalue weighted by Crippen LogP contribution is -2.27. The Hall–Kier alpha value is -2.21. The van der Waals surface area contributed by atoms with Gasteiger partial charge in [-0.2, -0.15) is 5.10 Å².